The first-order valence-corrected chi connectivity index (χ1v) is 15.0. The van der Waals surface area contributed by atoms with Crippen molar-refractivity contribution in [1.29, 1.82) is 0 Å². The number of nitrogens with zero attached hydrogens (tertiary/aromatic N) is 5. The molecule has 1 fully saturated rings. The maximum absolute atomic E-state index is 13.8. The number of thioether (sulfide) groups is 1. The summed E-state index contributed by atoms with van der Waals surface area (Å²) >= 11 is 0.899. The van der Waals surface area contributed by atoms with Gasteiger partial charge in [-0.1, -0.05) is 53.8 Å². The van der Waals surface area contributed by atoms with E-state index in [2.05, 4.69) is 26.7 Å². The first kappa shape index (κ1) is 32.8. The molecular formula is C24H34N7O8PS. The molecule has 2 aliphatic rings. The Morgan fingerprint density at radius 1 is 1.39 bits per heavy atom. The Balaban J connectivity index is 1.76. The fraction of sp³-hybridized carbons (Fsp3) is 0.500. The summed E-state index contributed by atoms with van der Waals surface area (Å²) in [6, 6.07) is 8.95. The van der Waals surface area contributed by atoms with Crippen LogP contribution in [0.4, 0.5) is 0 Å². The number of aliphatic hydroxyl groups is 3. The minimum atomic E-state index is -4.19. The van der Waals surface area contributed by atoms with Gasteiger partial charge in [0.2, 0.25) is 5.72 Å². The topological polar surface area (TPSA) is 225 Å². The molecule has 6 N–H and O–H groups in total. The SMILES string of the molecule is C=C1N=C(N)C=CN1[C@@H]1O[C@@](COP(=O)(NCc2ccccc2)OCCSC(=O)C(C)(C)CO)(N=[N+]=[N-])[C@H](O)C1O. The van der Waals surface area contributed by atoms with Crippen LogP contribution in [0.1, 0.15) is 19.4 Å². The van der Waals surface area contributed by atoms with Gasteiger partial charge < -0.3 is 30.7 Å². The van der Waals surface area contributed by atoms with Crippen molar-refractivity contribution in [2.45, 2.75) is 44.6 Å². The molecule has 41 heavy (non-hydrogen) atoms. The number of nitrogens with one attached hydrogen (secondary N) is 1. The van der Waals surface area contributed by atoms with E-state index in [4.69, 9.17) is 19.5 Å². The second-order valence-electron chi connectivity index (χ2n) is 9.76. The number of azide groups is 1. The lowest BCUT2D eigenvalue weighted by Crippen LogP contribution is -2.45. The predicted octanol–water partition coefficient (Wildman–Crippen LogP) is 1.94. The number of carbonyl (C=O) groups excluding carboxylic acids is 1. The molecule has 0 amide bonds. The quantitative estimate of drug-likeness (QED) is 0.0669. The number of carbonyl (C=O) groups is 1. The molecule has 17 heteroatoms. The summed E-state index contributed by atoms with van der Waals surface area (Å²) in [5, 5.41) is 37.0. The fourth-order valence-electron chi connectivity index (χ4n) is 3.66. The third-order valence-electron chi connectivity index (χ3n) is 6.14. The van der Waals surface area contributed by atoms with Gasteiger partial charge in [0.15, 0.2) is 11.3 Å². The van der Waals surface area contributed by atoms with Crippen molar-refractivity contribution in [3.63, 3.8) is 0 Å². The molecule has 0 spiro atoms. The van der Waals surface area contributed by atoms with E-state index in [0.717, 1.165) is 17.3 Å². The summed E-state index contributed by atoms with van der Waals surface area (Å²) in [5.41, 5.74) is 12.5. The van der Waals surface area contributed by atoms with Crippen LogP contribution in [0.5, 0.6) is 0 Å². The zero-order valence-corrected chi connectivity index (χ0v) is 24.3. The van der Waals surface area contributed by atoms with Crippen LogP contribution in [-0.4, -0.2) is 80.9 Å². The zero-order chi connectivity index (χ0) is 30.3. The molecule has 1 saturated heterocycles. The van der Waals surface area contributed by atoms with Gasteiger partial charge in [-0.2, -0.15) is 0 Å². The van der Waals surface area contributed by atoms with Gasteiger partial charge >= 0.3 is 7.75 Å². The monoisotopic (exact) mass is 611 g/mol. The molecule has 0 saturated carbocycles. The number of nitrogens with two attached hydrogens (primary N) is 1. The number of aliphatic hydroxyl groups excluding tert-OH is 3. The molecule has 5 atom stereocenters. The summed E-state index contributed by atoms with van der Waals surface area (Å²) in [4.78, 5) is 20.3. The minimum absolute atomic E-state index is 0.0583. The second kappa shape index (κ2) is 13.9. The third kappa shape index (κ3) is 8.17. The first-order valence-electron chi connectivity index (χ1n) is 12.4. The third-order valence-corrected chi connectivity index (χ3v) is 8.86. The number of benzene rings is 1. The van der Waals surface area contributed by atoms with Crippen molar-refractivity contribution in [3.8, 4) is 0 Å². The van der Waals surface area contributed by atoms with Crippen molar-refractivity contribution >= 4 is 30.5 Å². The van der Waals surface area contributed by atoms with E-state index in [1.54, 1.807) is 38.1 Å². The molecule has 15 nitrogen and oxygen atoms in total. The molecule has 1 aromatic carbocycles. The summed E-state index contributed by atoms with van der Waals surface area (Å²) < 4.78 is 30.7. The highest BCUT2D eigenvalue weighted by Crippen LogP contribution is 2.47. The van der Waals surface area contributed by atoms with Crippen molar-refractivity contribution in [1.82, 2.24) is 9.99 Å². The predicted molar refractivity (Wildman–Crippen MR) is 152 cm³/mol. The Hall–Kier alpha value is -2.75. The molecule has 2 aliphatic heterocycles. The highest BCUT2D eigenvalue weighted by molar-refractivity contribution is 8.13. The molecule has 3 rings (SSSR count). The average molecular weight is 612 g/mol. The fourth-order valence-corrected chi connectivity index (χ4v) is 5.91. The Labute approximate surface area is 241 Å². The maximum atomic E-state index is 13.8. The van der Waals surface area contributed by atoms with Crippen LogP contribution in [0, 0.1) is 5.41 Å². The molecule has 0 aromatic heterocycles. The molecule has 1 aromatic rings. The molecule has 2 unspecified atom stereocenters. The Kier molecular flexibility index (Phi) is 11.1. The highest BCUT2D eigenvalue weighted by atomic mass is 32.2. The average Bonchev–Trinajstić information content (AvgIpc) is 3.19. The minimum Gasteiger partial charge on any atom is -0.395 e. The molecule has 0 radical (unpaired) electrons. The number of aliphatic imine (C=N–C) groups is 1. The lowest BCUT2D eigenvalue weighted by molar-refractivity contribution is -0.128. The van der Waals surface area contributed by atoms with Gasteiger partial charge in [0.1, 0.15) is 23.9 Å². The van der Waals surface area contributed by atoms with E-state index < -0.39 is 43.9 Å². The lowest BCUT2D eigenvalue weighted by Gasteiger charge is -2.32. The second-order valence-corrected chi connectivity index (χ2v) is 12.7. The smallest absolute Gasteiger partial charge is 0.395 e. The summed E-state index contributed by atoms with van der Waals surface area (Å²) in [5.74, 6) is 0.344. The van der Waals surface area contributed by atoms with E-state index >= 15 is 0 Å². The van der Waals surface area contributed by atoms with Crippen LogP contribution < -0.4 is 10.8 Å². The van der Waals surface area contributed by atoms with Crippen molar-refractivity contribution < 1.29 is 38.5 Å². The number of rotatable bonds is 14. The Bertz CT molecular complexity index is 1260. The van der Waals surface area contributed by atoms with Crippen LogP contribution in [-0.2, 0) is 29.7 Å². The zero-order valence-electron chi connectivity index (χ0n) is 22.6. The van der Waals surface area contributed by atoms with E-state index in [9.17, 15) is 30.2 Å². The Morgan fingerprint density at radius 3 is 2.73 bits per heavy atom. The summed E-state index contributed by atoms with van der Waals surface area (Å²) in [7, 11) is -4.19. The lowest BCUT2D eigenvalue weighted by atomic mass is 9.97. The highest BCUT2D eigenvalue weighted by Gasteiger charge is 2.57. The van der Waals surface area contributed by atoms with Gasteiger partial charge in [0.25, 0.3) is 0 Å². The van der Waals surface area contributed by atoms with Crippen molar-refractivity contribution in [3.05, 3.63) is 71.0 Å². The molecule has 2 heterocycles. The van der Waals surface area contributed by atoms with Crippen LogP contribution in [0.25, 0.3) is 10.4 Å². The van der Waals surface area contributed by atoms with Gasteiger partial charge in [-0.3, -0.25) is 13.8 Å². The van der Waals surface area contributed by atoms with E-state index in [1.165, 1.54) is 17.2 Å². The maximum Gasteiger partial charge on any atom is 0.405 e. The molecule has 0 aliphatic carbocycles. The van der Waals surface area contributed by atoms with Gasteiger partial charge in [-0.15, -0.1) is 0 Å². The number of amidine groups is 1. The summed E-state index contributed by atoms with van der Waals surface area (Å²) in [6.07, 6.45) is -1.92. The largest absolute Gasteiger partial charge is 0.405 e. The van der Waals surface area contributed by atoms with Crippen LogP contribution in [0.2, 0.25) is 0 Å². The molecule has 224 valence electrons. The van der Waals surface area contributed by atoms with Crippen LogP contribution >= 0.6 is 19.5 Å². The van der Waals surface area contributed by atoms with E-state index in [-0.39, 0.29) is 42.3 Å². The van der Waals surface area contributed by atoms with Crippen LogP contribution in [0.3, 0.4) is 0 Å². The van der Waals surface area contributed by atoms with Crippen molar-refractivity contribution in [2.75, 3.05) is 25.6 Å². The number of hydrogen-bond donors (Lipinski definition) is 5. The first-order chi connectivity index (χ1) is 19.4. The van der Waals surface area contributed by atoms with Crippen LogP contribution in [0.15, 0.2) is 65.1 Å². The van der Waals surface area contributed by atoms with Gasteiger partial charge in [0.05, 0.1) is 25.2 Å². The van der Waals surface area contributed by atoms with Gasteiger partial charge in [-0.25, -0.2) is 14.6 Å². The van der Waals surface area contributed by atoms with Gasteiger partial charge in [-0.05, 0) is 31.0 Å². The van der Waals surface area contributed by atoms with Crippen molar-refractivity contribution in [2.24, 2.45) is 21.3 Å². The Morgan fingerprint density at radius 2 is 2.10 bits per heavy atom. The molecule has 0 bridgehead atoms. The standard InChI is InChI=1S/C24H34N7O8PS/c1-16-28-18(25)9-10-31(16)21-19(33)20(34)24(39-21,29-30-26)15-38-40(36,27-13-17-7-5-4-6-8-17)37-11-12-41-22(35)23(2,3)14-32/h4-10,19-21,32-34H,1,11-15H2,2-3H3,(H2,25,28)(H,27,36)/t19?,20-,21-,24-,40?/m1/s1. The van der Waals surface area contributed by atoms with E-state index in [0.29, 0.717) is 0 Å². The number of hydrogen-bond acceptors (Lipinski definition) is 13. The summed E-state index contributed by atoms with van der Waals surface area (Å²) in [6.45, 7) is 5.67. The normalized spacial score (nSPS) is 25.9. The van der Waals surface area contributed by atoms with E-state index in [1.807, 2.05) is 6.07 Å². The number of ether oxygens (including phenoxy) is 1. The molecular weight excluding hydrogens is 577 g/mol. The van der Waals surface area contributed by atoms with Gasteiger partial charge in [0, 0.05) is 23.4 Å².